The molecule has 1 heterocycles. The number of ether oxygens (including phenoxy) is 1. The standard InChI is InChI=1S/C15H22N2O2.ClH/c1-11-5-3-4-6-13(11)7-8-17-15(18)14-12(2)19-10-9-16-14;/h3-6,12,14,16H,7-10H2,1-2H3,(H,17,18);1H/t12-,14+;/m1./s1. The van der Waals surface area contributed by atoms with Gasteiger partial charge >= 0.3 is 0 Å². The molecule has 112 valence electrons. The van der Waals surface area contributed by atoms with E-state index in [0.717, 1.165) is 13.0 Å². The van der Waals surface area contributed by atoms with Crippen LogP contribution in [0.4, 0.5) is 0 Å². The van der Waals surface area contributed by atoms with E-state index in [1.165, 1.54) is 11.1 Å². The van der Waals surface area contributed by atoms with Gasteiger partial charge in [-0.1, -0.05) is 24.3 Å². The molecule has 0 spiro atoms. The summed E-state index contributed by atoms with van der Waals surface area (Å²) in [5.74, 6) is 0.0285. The van der Waals surface area contributed by atoms with Crippen molar-refractivity contribution in [3.05, 3.63) is 35.4 Å². The van der Waals surface area contributed by atoms with Gasteiger partial charge in [0.2, 0.25) is 5.91 Å². The summed E-state index contributed by atoms with van der Waals surface area (Å²) < 4.78 is 5.47. The number of rotatable bonds is 4. The number of morpholine rings is 1. The van der Waals surface area contributed by atoms with E-state index < -0.39 is 0 Å². The number of carbonyl (C=O) groups excluding carboxylic acids is 1. The van der Waals surface area contributed by atoms with Gasteiger partial charge in [-0.3, -0.25) is 4.79 Å². The first-order valence-corrected chi connectivity index (χ1v) is 6.85. The third-order valence-electron chi connectivity index (χ3n) is 3.55. The van der Waals surface area contributed by atoms with Crippen LogP contribution < -0.4 is 10.6 Å². The van der Waals surface area contributed by atoms with Crippen molar-refractivity contribution >= 4 is 18.3 Å². The van der Waals surface area contributed by atoms with E-state index in [0.29, 0.717) is 13.2 Å². The number of aryl methyl sites for hydroxylation is 1. The fourth-order valence-electron chi connectivity index (χ4n) is 2.35. The first-order chi connectivity index (χ1) is 9.18. The third-order valence-corrected chi connectivity index (χ3v) is 3.55. The maximum Gasteiger partial charge on any atom is 0.239 e. The molecule has 4 nitrogen and oxygen atoms in total. The summed E-state index contributed by atoms with van der Waals surface area (Å²) >= 11 is 0. The van der Waals surface area contributed by atoms with Crippen LogP contribution in [0, 0.1) is 6.92 Å². The minimum atomic E-state index is -0.231. The topological polar surface area (TPSA) is 50.4 Å². The van der Waals surface area contributed by atoms with Crippen LogP contribution in [0.1, 0.15) is 18.1 Å². The monoisotopic (exact) mass is 298 g/mol. The zero-order valence-electron chi connectivity index (χ0n) is 12.0. The third kappa shape index (κ3) is 4.47. The highest BCUT2D eigenvalue weighted by molar-refractivity contribution is 5.85. The van der Waals surface area contributed by atoms with Gasteiger partial charge in [0.25, 0.3) is 0 Å². The number of hydrogen-bond donors (Lipinski definition) is 2. The average Bonchev–Trinajstić information content (AvgIpc) is 2.41. The Morgan fingerprint density at radius 2 is 2.20 bits per heavy atom. The van der Waals surface area contributed by atoms with Crippen molar-refractivity contribution in [2.45, 2.75) is 32.4 Å². The second-order valence-corrected chi connectivity index (χ2v) is 4.98. The molecule has 1 aliphatic rings. The van der Waals surface area contributed by atoms with Crippen molar-refractivity contribution in [2.75, 3.05) is 19.7 Å². The lowest BCUT2D eigenvalue weighted by molar-refractivity contribution is -0.128. The first kappa shape index (κ1) is 17.0. The molecule has 2 atom stereocenters. The van der Waals surface area contributed by atoms with Gasteiger partial charge in [-0.2, -0.15) is 0 Å². The smallest absolute Gasteiger partial charge is 0.239 e. The van der Waals surface area contributed by atoms with E-state index in [2.05, 4.69) is 29.7 Å². The van der Waals surface area contributed by atoms with Crippen LogP contribution >= 0.6 is 12.4 Å². The summed E-state index contributed by atoms with van der Waals surface area (Å²) in [7, 11) is 0. The molecule has 0 bridgehead atoms. The molecular formula is C15H23ClN2O2. The Morgan fingerprint density at radius 1 is 1.45 bits per heavy atom. The van der Waals surface area contributed by atoms with Crippen molar-refractivity contribution in [3.8, 4) is 0 Å². The summed E-state index contributed by atoms with van der Waals surface area (Å²) in [6.45, 7) is 6.09. The zero-order valence-corrected chi connectivity index (χ0v) is 12.8. The largest absolute Gasteiger partial charge is 0.375 e. The molecule has 2 rings (SSSR count). The van der Waals surface area contributed by atoms with Crippen molar-refractivity contribution in [2.24, 2.45) is 0 Å². The van der Waals surface area contributed by atoms with Gasteiger partial charge in [0.15, 0.2) is 0 Å². The fourth-order valence-corrected chi connectivity index (χ4v) is 2.35. The Kier molecular flexibility index (Phi) is 6.99. The Hall–Kier alpha value is -1.10. The molecular weight excluding hydrogens is 276 g/mol. The summed E-state index contributed by atoms with van der Waals surface area (Å²) in [4.78, 5) is 12.0. The van der Waals surface area contributed by atoms with Crippen molar-refractivity contribution in [3.63, 3.8) is 0 Å². The molecule has 1 aromatic carbocycles. The first-order valence-electron chi connectivity index (χ1n) is 6.85. The summed E-state index contributed by atoms with van der Waals surface area (Å²) in [6.07, 6.45) is 0.799. The maximum absolute atomic E-state index is 12.0. The van der Waals surface area contributed by atoms with Crippen molar-refractivity contribution < 1.29 is 9.53 Å². The van der Waals surface area contributed by atoms with E-state index in [1.54, 1.807) is 0 Å². The van der Waals surface area contributed by atoms with Crippen molar-refractivity contribution in [1.82, 2.24) is 10.6 Å². The highest BCUT2D eigenvalue weighted by Crippen LogP contribution is 2.07. The lowest BCUT2D eigenvalue weighted by atomic mass is 10.1. The van der Waals surface area contributed by atoms with E-state index in [4.69, 9.17) is 4.74 Å². The fraction of sp³-hybridized carbons (Fsp3) is 0.533. The molecule has 1 aliphatic heterocycles. The van der Waals surface area contributed by atoms with E-state index in [1.807, 2.05) is 19.1 Å². The van der Waals surface area contributed by atoms with Gasteiger partial charge in [-0.25, -0.2) is 0 Å². The Bertz CT molecular complexity index is 440. The van der Waals surface area contributed by atoms with Gasteiger partial charge in [0, 0.05) is 13.1 Å². The van der Waals surface area contributed by atoms with Gasteiger partial charge in [-0.15, -0.1) is 12.4 Å². The highest BCUT2D eigenvalue weighted by atomic mass is 35.5. The van der Waals surface area contributed by atoms with Crippen LogP contribution in [0.5, 0.6) is 0 Å². The van der Waals surface area contributed by atoms with Crippen LogP contribution in [0.15, 0.2) is 24.3 Å². The predicted molar refractivity (Wildman–Crippen MR) is 82.3 cm³/mol. The molecule has 1 fully saturated rings. The molecule has 0 unspecified atom stereocenters. The summed E-state index contributed by atoms with van der Waals surface area (Å²) in [5.41, 5.74) is 2.55. The number of nitrogens with one attached hydrogen (secondary N) is 2. The molecule has 1 saturated heterocycles. The SMILES string of the molecule is Cc1ccccc1CCNC(=O)[C@H]1NCCO[C@@H]1C.Cl. The average molecular weight is 299 g/mol. The van der Waals surface area contributed by atoms with Gasteiger partial charge in [-0.05, 0) is 31.4 Å². The molecule has 1 amide bonds. The van der Waals surface area contributed by atoms with Gasteiger partial charge in [0.05, 0.1) is 12.7 Å². The van der Waals surface area contributed by atoms with Crippen LogP contribution in [-0.2, 0) is 16.0 Å². The molecule has 0 saturated carbocycles. The number of carbonyl (C=O) groups is 1. The van der Waals surface area contributed by atoms with E-state index >= 15 is 0 Å². The lowest BCUT2D eigenvalue weighted by Gasteiger charge is -2.29. The number of halogens is 1. The van der Waals surface area contributed by atoms with Gasteiger partial charge in [0.1, 0.15) is 6.04 Å². The number of benzene rings is 1. The van der Waals surface area contributed by atoms with E-state index in [9.17, 15) is 4.79 Å². The van der Waals surface area contributed by atoms with Crippen LogP contribution in [0.25, 0.3) is 0 Å². The molecule has 2 N–H and O–H groups in total. The Morgan fingerprint density at radius 3 is 2.90 bits per heavy atom. The number of amides is 1. The van der Waals surface area contributed by atoms with Crippen LogP contribution in [-0.4, -0.2) is 37.7 Å². The second kappa shape index (κ2) is 8.25. The molecule has 5 heteroatoms. The quantitative estimate of drug-likeness (QED) is 0.885. The van der Waals surface area contributed by atoms with Gasteiger partial charge < -0.3 is 15.4 Å². The normalized spacial score (nSPS) is 21.9. The minimum Gasteiger partial charge on any atom is -0.375 e. The predicted octanol–water partition coefficient (Wildman–Crippen LogP) is 1.45. The summed E-state index contributed by atoms with van der Waals surface area (Å²) in [6, 6.07) is 8.03. The molecule has 1 aromatic rings. The van der Waals surface area contributed by atoms with Crippen molar-refractivity contribution in [1.29, 1.82) is 0 Å². The minimum absolute atomic E-state index is 0. The van der Waals surface area contributed by atoms with E-state index in [-0.39, 0.29) is 30.5 Å². The number of hydrogen-bond acceptors (Lipinski definition) is 3. The Labute approximate surface area is 126 Å². The molecule has 0 aromatic heterocycles. The van der Waals surface area contributed by atoms with Crippen LogP contribution in [0.2, 0.25) is 0 Å². The maximum atomic E-state index is 12.0. The zero-order chi connectivity index (χ0) is 13.7. The lowest BCUT2D eigenvalue weighted by Crippen LogP contribution is -2.55. The molecule has 0 radical (unpaired) electrons. The summed E-state index contributed by atoms with van der Waals surface area (Å²) in [5, 5.41) is 6.17. The van der Waals surface area contributed by atoms with Crippen LogP contribution in [0.3, 0.4) is 0 Å². The Balaban J connectivity index is 0.00000200. The highest BCUT2D eigenvalue weighted by Gasteiger charge is 2.27. The molecule has 0 aliphatic carbocycles. The second-order valence-electron chi connectivity index (χ2n) is 4.98. The molecule has 20 heavy (non-hydrogen) atoms.